The Kier molecular flexibility index (Phi) is 10.5. The van der Waals surface area contributed by atoms with Gasteiger partial charge in [0.1, 0.15) is 0 Å². The van der Waals surface area contributed by atoms with E-state index in [-0.39, 0.29) is 22.8 Å². The van der Waals surface area contributed by atoms with E-state index in [1.807, 2.05) is 0 Å². The van der Waals surface area contributed by atoms with Crippen LogP contribution < -0.4 is 8.32 Å². The van der Waals surface area contributed by atoms with Crippen LogP contribution in [0.5, 0.6) is 0 Å². The maximum atomic E-state index is 8.59. The van der Waals surface area contributed by atoms with Gasteiger partial charge in [-0.1, -0.05) is 0 Å². The standard InChI is InChI=1S/2Cr.H2O.4O/h;;1H2;;;;/q;+3;;;;2*-1/p-1. The first-order valence-electron chi connectivity index (χ1n) is 0.667. The van der Waals surface area contributed by atoms with Crippen LogP contribution in [0.25, 0.3) is 0 Å². The molecule has 0 aromatic rings. The van der Waals surface area contributed by atoms with Crippen molar-refractivity contribution in [3.63, 3.8) is 0 Å². The summed E-state index contributed by atoms with van der Waals surface area (Å²) < 4.78 is 34.4. The van der Waals surface area contributed by atoms with Crippen LogP contribution in [0.15, 0.2) is 0 Å². The van der Waals surface area contributed by atoms with Crippen LogP contribution in [0.1, 0.15) is 0 Å². The molecule has 0 aromatic heterocycles. The molecule has 0 fully saturated rings. The van der Waals surface area contributed by atoms with E-state index in [9.17, 15) is 0 Å². The van der Waals surface area contributed by atoms with Crippen LogP contribution >= 0.6 is 0 Å². The molecule has 0 amide bonds. The second-order valence-corrected chi connectivity index (χ2v) is 1.68. The Morgan fingerprint density at radius 2 is 1.14 bits per heavy atom. The first-order chi connectivity index (χ1) is 2.00. The van der Waals surface area contributed by atoms with Crippen molar-refractivity contribution in [2.24, 2.45) is 0 Å². The Balaban J connectivity index is -0.0000000800. The molecule has 0 aliphatic carbocycles. The molecule has 0 bridgehead atoms. The average Bonchev–Trinajstić information content (AvgIpc) is 0.722. The van der Waals surface area contributed by atoms with Gasteiger partial charge in [-0.2, -0.15) is 0 Å². The van der Waals surface area contributed by atoms with Crippen LogP contribution in [-0.2, 0) is 38.6 Å². The number of hydrogen-bond acceptors (Lipinski definition) is 5. The third-order valence-electron chi connectivity index (χ3n) is 0. The molecule has 0 saturated carbocycles. The molecule has 0 atom stereocenters. The van der Waals surface area contributed by atoms with Crippen LogP contribution in [-0.4, -0.2) is 5.48 Å². The SMILES string of the molecule is [Cr+3].[OH-].[O]=[Cr](=[O])([O-])[O-]. The van der Waals surface area contributed by atoms with Gasteiger partial charge in [0.15, 0.2) is 0 Å². The van der Waals surface area contributed by atoms with E-state index in [2.05, 4.69) is 0 Å². The summed E-state index contributed by atoms with van der Waals surface area (Å²) in [6.07, 6.45) is 0. The molecule has 0 saturated heterocycles. The van der Waals surface area contributed by atoms with Crippen LogP contribution in [0.4, 0.5) is 0 Å². The van der Waals surface area contributed by atoms with Crippen molar-refractivity contribution in [2.45, 2.75) is 0 Å². The van der Waals surface area contributed by atoms with Crippen molar-refractivity contribution in [3.05, 3.63) is 0 Å². The van der Waals surface area contributed by atoms with Crippen LogP contribution in [0.2, 0.25) is 0 Å². The predicted molar refractivity (Wildman–Crippen MR) is 3.31 cm³/mol. The molecule has 7 heteroatoms. The fourth-order valence-corrected chi connectivity index (χ4v) is 0. The van der Waals surface area contributed by atoms with Gasteiger partial charge in [-0.25, -0.2) is 0 Å². The molecule has 0 heterocycles. The summed E-state index contributed by atoms with van der Waals surface area (Å²) in [5, 5.41) is 0. The zero-order chi connectivity index (χ0) is 4.50. The average molecular weight is 185 g/mol. The van der Waals surface area contributed by atoms with Crippen molar-refractivity contribution in [1.82, 2.24) is 0 Å². The Hall–Kier alpha value is 0.545. The Labute approximate surface area is 52.8 Å². The summed E-state index contributed by atoms with van der Waals surface area (Å²) in [6.45, 7) is 0. The number of hydrogen-bond donors (Lipinski definition) is 0. The molecule has 0 aliphatic heterocycles. The summed E-state index contributed by atoms with van der Waals surface area (Å²) in [5.74, 6) is 0. The van der Waals surface area contributed by atoms with Gasteiger partial charge < -0.3 is 5.48 Å². The molecule has 5 nitrogen and oxygen atoms in total. The van der Waals surface area contributed by atoms with Gasteiger partial charge >= 0.3 is 46.9 Å². The van der Waals surface area contributed by atoms with Gasteiger partial charge in [-0.05, 0) is 0 Å². The molecule has 0 unspecified atom stereocenters. The minimum atomic E-state index is -5.75. The molecule has 1 N–H and O–H groups in total. The first kappa shape index (κ1) is 15.6. The van der Waals surface area contributed by atoms with Gasteiger partial charge in [0.05, 0.1) is 0 Å². The quantitative estimate of drug-likeness (QED) is 0.404. The molecule has 0 rings (SSSR count). The molecule has 1 radical (unpaired) electrons. The second kappa shape index (κ2) is 4.70. The topological polar surface area (TPSA) is 110 Å². The molecule has 43 valence electrons. The van der Waals surface area contributed by atoms with E-state index < -0.39 is 13.6 Å². The molecule has 0 aromatic carbocycles. The first-order valence-corrected chi connectivity index (χ1v) is 2.75. The van der Waals surface area contributed by atoms with E-state index in [0.29, 0.717) is 0 Å². The monoisotopic (exact) mass is 185 g/mol. The fourth-order valence-electron chi connectivity index (χ4n) is 0. The summed E-state index contributed by atoms with van der Waals surface area (Å²) >= 11 is -5.75. The third-order valence-corrected chi connectivity index (χ3v) is 0. The predicted octanol–water partition coefficient (Wildman–Crippen LogP) is -2.80. The minimum absolute atomic E-state index is 0. The van der Waals surface area contributed by atoms with Crippen molar-refractivity contribution in [2.75, 3.05) is 0 Å². The van der Waals surface area contributed by atoms with Crippen molar-refractivity contribution in [3.8, 4) is 0 Å². The van der Waals surface area contributed by atoms with E-state index in [1.165, 1.54) is 0 Å². The second-order valence-electron chi connectivity index (χ2n) is 0.408. The van der Waals surface area contributed by atoms with E-state index in [4.69, 9.17) is 15.9 Å². The van der Waals surface area contributed by atoms with Crippen molar-refractivity contribution < 1.29 is 52.4 Å². The van der Waals surface area contributed by atoms with E-state index in [0.717, 1.165) is 0 Å². The normalized spacial score (nSPS) is 8.29. The molecule has 0 spiro atoms. The summed E-state index contributed by atoms with van der Waals surface area (Å²) in [4.78, 5) is 0. The molecule has 0 aliphatic rings. The zero-order valence-electron chi connectivity index (χ0n) is 2.90. The number of rotatable bonds is 0. The van der Waals surface area contributed by atoms with Gasteiger partial charge in [0.25, 0.3) is 0 Å². The zero-order valence-corrected chi connectivity index (χ0v) is 5.45. The summed E-state index contributed by atoms with van der Waals surface area (Å²) in [7, 11) is 0. The molecule has 7 heavy (non-hydrogen) atoms. The van der Waals surface area contributed by atoms with Crippen LogP contribution in [0, 0.1) is 0 Å². The Morgan fingerprint density at radius 3 is 1.14 bits per heavy atom. The fraction of sp³-hybridized carbons (Fsp3) is 0. The maximum absolute atomic E-state index is 8.59. The van der Waals surface area contributed by atoms with Crippen molar-refractivity contribution >= 4 is 0 Å². The van der Waals surface area contributed by atoms with Crippen molar-refractivity contribution in [1.29, 1.82) is 0 Å². The van der Waals surface area contributed by atoms with Gasteiger partial charge in [-0.15, -0.1) is 0 Å². The molecular formula is HCr2O5. The van der Waals surface area contributed by atoms with Crippen LogP contribution in [0.3, 0.4) is 0 Å². The van der Waals surface area contributed by atoms with E-state index in [1.54, 1.807) is 0 Å². The summed E-state index contributed by atoms with van der Waals surface area (Å²) in [5.41, 5.74) is 0. The Morgan fingerprint density at radius 1 is 1.14 bits per heavy atom. The third kappa shape index (κ3) is 455. The van der Waals surface area contributed by atoms with Gasteiger partial charge in [0.2, 0.25) is 0 Å². The van der Waals surface area contributed by atoms with Gasteiger partial charge in [-0.3, -0.25) is 0 Å². The van der Waals surface area contributed by atoms with E-state index >= 15 is 0 Å². The Bertz CT molecular complexity index is 89.2. The molecular weight excluding hydrogens is 184 g/mol. The summed E-state index contributed by atoms with van der Waals surface area (Å²) in [6, 6.07) is 0. The van der Waals surface area contributed by atoms with Gasteiger partial charge in [0, 0.05) is 0 Å².